The van der Waals surface area contributed by atoms with Gasteiger partial charge >= 0.3 is 0 Å². The number of oxazole rings is 1. The van der Waals surface area contributed by atoms with Gasteiger partial charge in [-0.1, -0.05) is 0 Å². The number of nitrogens with zero attached hydrogens (tertiary/aromatic N) is 1. The predicted octanol–water partition coefficient (Wildman–Crippen LogP) is 1.59. The van der Waals surface area contributed by atoms with Crippen LogP contribution in [0.2, 0.25) is 0 Å². The van der Waals surface area contributed by atoms with Gasteiger partial charge in [0, 0.05) is 18.2 Å². The number of hydrogen-bond acceptors (Lipinski definition) is 6. The molecule has 4 rings (SSSR count). The van der Waals surface area contributed by atoms with E-state index in [1.165, 1.54) is 6.39 Å². The van der Waals surface area contributed by atoms with Crippen molar-refractivity contribution in [3.63, 3.8) is 0 Å². The molecule has 7 nitrogen and oxygen atoms in total. The van der Waals surface area contributed by atoms with Crippen molar-refractivity contribution in [2.45, 2.75) is 18.9 Å². The summed E-state index contributed by atoms with van der Waals surface area (Å²) in [6.07, 6.45) is 3.31. The molecule has 2 aliphatic heterocycles. The lowest BCUT2D eigenvalue weighted by molar-refractivity contribution is 0.0926. The minimum absolute atomic E-state index is 0.121. The maximum atomic E-state index is 12.5. The minimum atomic E-state index is -0.220. The number of carbonyl (C=O) groups excluding carboxylic acids is 1. The molecule has 2 aliphatic rings. The summed E-state index contributed by atoms with van der Waals surface area (Å²) < 4.78 is 16.6. The van der Waals surface area contributed by atoms with Crippen LogP contribution in [0.5, 0.6) is 11.5 Å². The average molecular weight is 329 g/mol. The molecule has 0 saturated carbocycles. The van der Waals surface area contributed by atoms with E-state index in [0.717, 1.165) is 31.5 Å². The molecule has 3 heterocycles. The number of hydrogen-bond donors (Lipinski definition) is 2. The van der Waals surface area contributed by atoms with Crippen molar-refractivity contribution in [2.75, 3.05) is 26.3 Å². The number of rotatable bonds is 3. The summed E-state index contributed by atoms with van der Waals surface area (Å²) in [6.45, 7) is 2.83. The third-order valence-electron chi connectivity index (χ3n) is 4.22. The van der Waals surface area contributed by atoms with E-state index >= 15 is 0 Å². The van der Waals surface area contributed by atoms with Gasteiger partial charge in [0.25, 0.3) is 5.91 Å². The molecular formula is C17H19N3O4. The summed E-state index contributed by atoms with van der Waals surface area (Å²) in [5.41, 5.74) is 1.03. The highest BCUT2D eigenvalue weighted by atomic mass is 16.6. The van der Waals surface area contributed by atoms with Crippen LogP contribution in [-0.2, 0) is 0 Å². The topological polar surface area (TPSA) is 85.6 Å². The molecule has 1 atom stereocenters. The van der Waals surface area contributed by atoms with E-state index in [4.69, 9.17) is 13.9 Å². The van der Waals surface area contributed by atoms with Gasteiger partial charge in [-0.3, -0.25) is 4.79 Å². The molecule has 1 aromatic heterocycles. The van der Waals surface area contributed by atoms with Crippen molar-refractivity contribution >= 4 is 5.91 Å². The van der Waals surface area contributed by atoms with Gasteiger partial charge in [0.15, 0.2) is 29.3 Å². The molecule has 1 amide bonds. The highest BCUT2D eigenvalue weighted by Gasteiger charge is 2.23. The first kappa shape index (κ1) is 15.0. The Hall–Kier alpha value is -2.54. The lowest BCUT2D eigenvalue weighted by Crippen LogP contribution is -2.45. The smallest absolute Gasteiger partial charge is 0.274 e. The largest absolute Gasteiger partial charge is 0.486 e. The Kier molecular flexibility index (Phi) is 4.08. The highest BCUT2D eigenvalue weighted by molar-refractivity contribution is 5.97. The lowest BCUT2D eigenvalue weighted by Gasteiger charge is -2.23. The molecule has 0 aliphatic carbocycles. The number of amides is 1. The first-order valence-electron chi connectivity index (χ1n) is 8.16. The molecule has 1 saturated heterocycles. The molecule has 24 heavy (non-hydrogen) atoms. The Bertz CT molecular complexity index is 737. The standard InChI is InChI=1S/C17H19N3O4/c21-17(20-12-2-1-5-18-9-12)15-16(24-10-19-15)11-3-4-13-14(8-11)23-7-6-22-13/h3-4,8,10,12,18H,1-2,5-7,9H2,(H,20,21). The van der Waals surface area contributed by atoms with Crippen LogP contribution in [0.1, 0.15) is 23.3 Å². The Labute approximate surface area is 139 Å². The van der Waals surface area contributed by atoms with E-state index in [1.807, 2.05) is 18.2 Å². The number of piperidine rings is 1. The zero-order valence-corrected chi connectivity index (χ0v) is 13.2. The molecule has 1 aromatic carbocycles. The van der Waals surface area contributed by atoms with E-state index in [0.29, 0.717) is 30.5 Å². The van der Waals surface area contributed by atoms with Crippen molar-refractivity contribution in [3.05, 3.63) is 30.3 Å². The van der Waals surface area contributed by atoms with E-state index < -0.39 is 0 Å². The minimum Gasteiger partial charge on any atom is -0.486 e. The van der Waals surface area contributed by atoms with Crippen molar-refractivity contribution in [2.24, 2.45) is 0 Å². The molecule has 2 N–H and O–H groups in total. The molecule has 1 fully saturated rings. The van der Waals surface area contributed by atoms with E-state index in [2.05, 4.69) is 15.6 Å². The number of benzene rings is 1. The first-order chi connectivity index (χ1) is 11.8. The quantitative estimate of drug-likeness (QED) is 0.889. The van der Waals surface area contributed by atoms with Gasteiger partial charge in [0.2, 0.25) is 0 Å². The molecular weight excluding hydrogens is 310 g/mol. The summed E-state index contributed by atoms with van der Waals surface area (Å²) in [7, 11) is 0. The normalized spacial score (nSPS) is 19.8. The zero-order chi connectivity index (χ0) is 16.4. The van der Waals surface area contributed by atoms with Gasteiger partial charge in [-0.2, -0.15) is 0 Å². The van der Waals surface area contributed by atoms with Crippen molar-refractivity contribution < 1.29 is 18.7 Å². The predicted molar refractivity (Wildman–Crippen MR) is 86.3 cm³/mol. The van der Waals surface area contributed by atoms with Crippen LogP contribution in [0.3, 0.4) is 0 Å². The second-order valence-electron chi connectivity index (χ2n) is 5.91. The van der Waals surface area contributed by atoms with Crippen LogP contribution >= 0.6 is 0 Å². The third-order valence-corrected chi connectivity index (χ3v) is 4.22. The number of carbonyl (C=O) groups is 1. The summed E-state index contributed by atoms with van der Waals surface area (Å²) in [6, 6.07) is 5.59. The Morgan fingerprint density at radius 2 is 2.12 bits per heavy atom. The van der Waals surface area contributed by atoms with Gasteiger partial charge < -0.3 is 24.5 Å². The van der Waals surface area contributed by atoms with Crippen LogP contribution in [0.25, 0.3) is 11.3 Å². The Morgan fingerprint density at radius 1 is 1.25 bits per heavy atom. The van der Waals surface area contributed by atoms with Crippen molar-refractivity contribution in [1.29, 1.82) is 0 Å². The van der Waals surface area contributed by atoms with Gasteiger partial charge in [-0.15, -0.1) is 0 Å². The maximum Gasteiger partial charge on any atom is 0.274 e. The molecule has 0 spiro atoms. The van der Waals surface area contributed by atoms with Crippen LogP contribution in [0.4, 0.5) is 0 Å². The Morgan fingerprint density at radius 3 is 2.96 bits per heavy atom. The molecule has 2 aromatic rings. The number of aromatic nitrogens is 1. The monoisotopic (exact) mass is 329 g/mol. The fourth-order valence-electron chi connectivity index (χ4n) is 3.03. The number of fused-ring (bicyclic) bond motifs is 1. The second-order valence-corrected chi connectivity index (χ2v) is 5.91. The van der Waals surface area contributed by atoms with Crippen molar-refractivity contribution in [1.82, 2.24) is 15.6 Å². The van der Waals surface area contributed by atoms with Crippen LogP contribution in [0.15, 0.2) is 29.0 Å². The highest BCUT2D eigenvalue weighted by Crippen LogP contribution is 2.35. The number of ether oxygens (including phenoxy) is 2. The summed E-state index contributed by atoms with van der Waals surface area (Å²) >= 11 is 0. The molecule has 0 radical (unpaired) electrons. The van der Waals surface area contributed by atoms with Crippen LogP contribution < -0.4 is 20.1 Å². The van der Waals surface area contributed by atoms with Crippen molar-refractivity contribution in [3.8, 4) is 22.8 Å². The average Bonchev–Trinajstić information content (AvgIpc) is 3.12. The van der Waals surface area contributed by atoms with Gasteiger partial charge in [-0.25, -0.2) is 4.98 Å². The summed E-state index contributed by atoms with van der Waals surface area (Å²) in [5.74, 6) is 1.57. The number of nitrogens with one attached hydrogen (secondary N) is 2. The summed E-state index contributed by atoms with van der Waals surface area (Å²) in [5, 5.41) is 6.29. The molecule has 126 valence electrons. The maximum absolute atomic E-state index is 12.5. The third kappa shape index (κ3) is 2.94. The van der Waals surface area contributed by atoms with E-state index in [-0.39, 0.29) is 17.6 Å². The fourth-order valence-corrected chi connectivity index (χ4v) is 3.03. The molecule has 1 unspecified atom stereocenters. The zero-order valence-electron chi connectivity index (χ0n) is 13.2. The van der Waals surface area contributed by atoms with Gasteiger partial charge in [0.05, 0.1) is 0 Å². The molecule has 0 bridgehead atoms. The van der Waals surface area contributed by atoms with E-state index in [1.54, 1.807) is 0 Å². The first-order valence-corrected chi connectivity index (χ1v) is 8.16. The van der Waals surface area contributed by atoms with Gasteiger partial charge in [-0.05, 0) is 37.6 Å². The fraction of sp³-hybridized carbons (Fsp3) is 0.412. The van der Waals surface area contributed by atoms with Crippen LogP contribution in [-0.4, -0.2) is 43.2 Å². The van der Waals surface area contributed by atoms with Gasteiger partial charge in [0.1, 0.15) is 13.2 Å². The molecule has 7 heteroatoms. The second kappa shape index (κ2) is 6.52. The Balaban J connectivity index is 1.56. The summed E-state index contributed by atoms with van der Waals surface area (Å²) in [4.78, 5) is 16.6. The lowest BCUT2D eigenvalue weighted by atomic mass is 10.1. The SMILES string of the molecule is O=C(NC1CCCNC1)c1ncoc1-c1ccc2c(c1)OCCO2. The van der Waals surface area contributed by atoms with Crippen LogP contribution in [0, 0.1) is 0 Å². The van der Waals surface area contributed by atoms with E-state index in [9.17, 15) is 4.79 Å².